The molecule has 0 aromatic carbocycles. The fraction of sp³-hybridized carbons (Fsp3) is 0.949. The molecule has 16 heteroatoms. The summed E-state index contributed by atoms with van der Waals surface area (Å²) in [6.07, 6.45) is -12.6. The van der Waals surface area contributed by atoms with Gasteiger partial charge >= 0.3 is 0 Å². The highest BCUT2D eigenvalue weighted by atomic mass is 16.8. The van der Waals surface area contributed by atoms with Gasteiger partial charge in [0.05, 0.1) is 48.6 Å². The molecule has 8 rings (SSSR count). The van der Waals surface area contributed by atoms with E-state index in [4.69, 9.17) is 28.4 Å². The van der Waals surface area contributed by atoms with E-state index in [-0.39, 0.29) is 24.2 Å². The Morgan fingerprint density at radius 3 is 2.24 bits per heavy atom. The molecule has 55 heavy (non-hydrogen) atoms. The number of allylic oxidation sites excluding steroid dienone is 1. The number of aliphatic hydroxyl groups is 10. The Morgan fingerprint density at radius 2 is 1.55 bits per heavy atom. The molecule has 0 unspecified atom stereocenters. The van der Waals surface area contributed by atoms with Crippen molar-refractivity contribution in [3.8, 4) is 0 Å². The summed E-state index contributed by atoms with van der Waals surface area (Å²) >= 11 is 0. The summed E-state index contributed by atoms with van der Waals surface area (Å²) < 4.78 is 36.6. The molecule has 16 nitrogen and oxygen atoms in total. The standard InChI is InChI=1S/C39H62O16/c1-16-10-25(42)39(50-15-16)18(3)38(49)26(55-39)13-37(48)21-7-6-19-11-20(8-9-35(19,4)22(21)12-24(41)36(37,38)5)52-34-32(30(46)28(44)23(14-40)53-34)54-33-31(47)29(45)27(43)17(2)51-33/h6,16-18,20-34,40-49H,7-15H2,1-5H3/t16-,17+,18+,20+,21-,22+,23-,24+,25+,26+,27+,28-,29-,30+,31-,32-,33+,34-,35+,36+,37-,38-,39+/m1/s1. The van der Waals surface area contributed by atoms with Crippen LogP contribution in [0.5, 0.6) is 0 Å². The van der Waals surface area contributed by atoms with Crippen molar-refractivity contribution in [3.63, 3.8) is 0 Å². The second-order valence-corrected chi connectivity index (χ2v) is 18.7. The van der Waals surface area contributed by atoms with Gasteiger partial charge in [0.15, 0.2) is 18.4 Å². The first-order valence-electron chi connectivity index (χ1n) is 20.2. The van der Waals surface area contributed by atoms with Crippen molar-refractivity contribution in [1.82, 2.24) is 0 Å². The second-order valence-electron chi connectivity index (χ2n) is 18.7. The zero-order valence-corrected chi connectivity index (χ0v) is 32.3. The fourth-order valence-electron chi connectivity index (χ4n) is 12.6. The Kier molecular flexibility index (Phi) is 10.3. The summed E-state index contributed by atoms with van der Waals surface area (Å²) in [5.74, 6) is -2.52. The summed E-state index contributed by atoms with van der Waals surface area (Å²) in [7, 11) is 0. The Hall–Kier alpha value is -0.900. The molecule has 8 aliphatic rings. The Balaban J connectivity index is 1.02. The van der Waals surface area contributed by atoms with Gasteiger partial charge in [-0.05, 0) is 68.6 Å². The highest BCUT2D eigenvalue weighted by Crippen LogP contribution is 2.73. The minimum atomic E-state index is -1.68. The van der Waals surface area contributed by atoms with Crippen LogP contribution in [-0.2, 0) is 28.4 Å². The summed E-state index contributed by atoms with van der Waals surface area (Å²) in [6, 6.07) is 0. The maximum absolute atomic E-state index is 12.9. The van der Waals surface area contributed by atoms with E-state index in [0.29, 0.717) is 45.1 Å². The molecule has 314 valence electrons. The lowest BCUT2D eigenvalue weighted by Crippen LogP contribution is -2.72. The van der Waals surface area contributed by atoms with Crippen LogP contribution in [0.1, 0.15) is 79.6 Å². The van der Waals surface area contributed by atoms with E-state index in [1.807, 2.05) is 6.92 Å². The lowest BCUT2D eigenvalue weighted by molar-refractivity contribution is -0.370. The topological polar surface area (TPSA) is 258 Å². The van der Waals surface area contributed by atoms with Gasteiger partial charge in [-0.2, -0.15) is 0 Å². The summed E-state index contributed by atoms with van der Waals surface area (Å²) in [4.78, 5) is 0. The Labute approximate surface area is 320 Å². The molecule has 4 aliphatic heterocycles. The molecule has 0 radical (unpaired) electrons. The normalized spacial score (nSPS) is 60.5. The van der Waals surface area contributed by atoms with Crippen LogP contribution in [0, 0.1) is 34.5 Å². The smallest absolute Gasteiger partial charge is 0.200 e. The zero-order valence-electron chi connectivity index (χ0n) is 32.3. The van der Waals surface area contributed by atoms with Crippen LogP contribution in [-0.4, -0.2) is 167 Å². The fourth-order valence-corrected chi connectivity index (χ4v) is 12.6. The van der Waals surface area contributed by atoms with Crippen LogP contribution < -0.4 is 0 Å². The number of rotatable bonds is 5. The minimum absolute atomic E-state index is 0.0791. The summed E-state index contributed by atoms with van der Waals surface area (Å²) in [5, 5.41) is 112. The predicted octanol–water partition coefficient (Wildman–Crippen LogP) is -1.44. The van der Waals surface area contributed by atoms with Crippen molar-refractivity contribution < 1.29 is 79.5 Å². The summed E-state index contributed by atoms with van der Waals surface area (Å²) in [5.41, 5.74) is -3.94. The molecule has 0 aromatic heterocycles. The van der Waals surface area contributed by atoms with Crippen LogP contribution in [0.15, 0.2) is 11.6 Å². The van der Waals surface area contributed by atoms with Crippen molar-refractivity contribution >= 4 is 0 Å². The number of fused-ring (bicyclic) bond motifs is 7. The molecule has 4 heterocycles. The Bertz CT molecular complexity index is 1480. The van der Waals surface area contributed by atoms with Crippen molar-refractivity contribution in [2.45, 2.75) is 182 Å². The van der Waals surface area contributed by atoms with Gasteiger partial charge in [-0.1, -0.05) is 39.3 Å². The SMILES string of the molecule is C[C@H]1CO[C@@]2(O[C@H]3C[C@@]4(O)[C@@H]5CC=C6C[C@@H](O[C@@H]7O[C@H](CO)[C@@H](O)[C@H](O)[C@H]7O[C@@H]7O[C@@H](C)[C@H](O)[C@@H](O)[C@H]7O)CC[C@]6(C)[C@H]5C[C@H](O)[C@]4(C)[C@@]3(O)[C@@H]2C)[C@@H](O)C1. The van der Waals surface area contributed by atoms with Crippen molar-refractivity contribution in [2.75, 3.05) is 13.2 Å². The van der Waals surface area contributed by atoms with E-state index in [0.717, 1.165) is 5.57 Å². The first kappa shape index (κ1) is 40.9. The average molecular weight is 787 g/mol. The molecule has 4 aliphatic carbocycles. The van der Waals surface area contributed by atoms with Crippen LogP contribution in [0.3, 0.4) is 0 Å². The lowest BCUT2D eigenvalue weighted by atomic mass is 9.43. The third-order valence-electron chi connectivity index (χ3n) is 16.1. The summed E-state index contributed by atoms with van der Waals surface area (Å²) in [6.45, 7) is 8.93. The van der Waals surface area contributed by atoms with Crippen molar-refractivity contribution in [1.29, 1.82) is 0 Å². The molecule has 4 saturated heterocycles. The van der Waals surface area contributed by atoms with Gasteiger partial charge < -0.3 is 79.5 Å². The van der Waals surface area contributed by atoms with E-state index in [1.54, 1.807) is 13.8 Å². The van der Waals surface area contributed by atoms with Crippen LogP contribution in [0.25, 0.3) is 0 Å². The molecule has 23 atom stereocenters. The second kappa shape index (κ2) is 13.8. The van der Waals surface area contributed by atoms with Crippen LogP contribution in [0.4, 0.5) is 0 Å². The minimum Gasteiger partial charge on any atom is -0.394 e. The van der Waals surface area contributed by atoms with Gasteiger partial charge in [0.25, 0.3) is 0 Å². The van der Waals surface area contributed by atoms with Gasteiger partial charge in [0, 0.05) is 12.3 Å². The molecular formula is C39H62O16. The van der Waals surface area contributed by atoms with Gasteiger partial charge in [-0.25, -0.2) is 0 Å². The van der Waals surface area contributed by atoms with E-state index < -0.39 is 126 Å². The largest absolute Gasteiger partial charge is 0.394 e. The number of hydrogen-bond acceptors (Lipinski definition) is 16. The number of hydrogen-bond donors (Lipinski definition) is 10. The van der Waals surface area contributed by atoms with Gasteiger partial charge in [0.1, 0.15) is 54.4 Å². The van der Waals surface area contributed by atoms with Crippen LogP contribution in [0.2, 0.25) is 0 Å². The maximum atomic E-state index is 12.9. The Morgan fingerprint density at radius 1 is 0.818 bits per heavy atom. The third-order valence-corrected chi connectivity index (χ3v) is 16.1. The quantitative estimate of drug-likeness (QED) is 0.143. The molecule has 10 N–H and O–H groups in total. The third kappa shape index (κ3) is 5.55. The van der Waals surface area contributed by atoms with E-state index in [1.165, 1.54) is 6.92 Å². The zero-order chi connectivity index (χ0) is 39.8. The van der Waals surface area contributed by atoms with Gasteiger partial charge in [0.2, 0.25) is 0 Å². The van der Waals surface area contributed by atoms with E-state index >= 15 is 0 Å². The lowest BCUT2D eigenvalue weighted by Gasteiger charge is -2.64. The van der Waals surface area contributed by atoms with E-state index in [2.05, 4.69) is 13.0 Å². The highest BCUT2D eigenvalue weighted by molar-refractivity contribution is 5.35. The molecule has 0 bridgehead atoms. The number of aliphatic hydroxyl groups excluding tert-OH is 8. The molecule has 7 fully saturated rings. The average Bonchev–Trinajstić information content (AvgIpc) is 3.47. The maximum Gasteiger partial charge on any atom is 0.200 e. The van der Waals surface area contributed by atoms with Crippen molar-refractivity contribution in [3.05, 3.63) is 11.6 Å². The first-order chi connectivity index (χ1) is 25.8. The van der Waals surface area contributed by atoms with Crippen LogP contribution >= 0.6 is 0 Å². The molecule has 3 saturated carbocycles. The molecule has 0 aromatic rings. The monoisotopic (exact) mass is 786 g/mol. The molecule has 0 amide bonds. The predicted molar refractivity (Wildman–Crippen MR) is 187 cm³/mol. The van der Waals surface area contributed by atoms with Crippen molar-refractivity contribution in [2.24, 2.45) is 34.5 Å². The van der Waals surface area contributed by atoms with Gasteiger partial charge in [-0.3, -0.25) is 0 Å². The number of ether oxygens (including phenoxy) is 6. The first-order valence-corrected chi connectivity index (χ1v) is 20.2. The molecule has 1 spiro atoms. The van der Waals surface area contributed by atoms with E-state index in [9.17, 15) is 51.1 Å². The molecular weight excluding hydrogens is 724 g/mol. The van der Waals surface area contributed by atoms with Gasteiger partial charge in [-0.15, -0.1) is 0 Å². The highest BCUT2D eigenvalue weighted by Gasteiger charge is 2.84.